The molecule has 3 aromatic rings. The molecule has 0 saturated carbocycles. The molecule has 2 N–H and O–H groups in total. The predicted molar refractivity (Wildman–Crippen MR) is 118 cm³/mol. The van der Waals surface area contributed by atoms with Crippen molar-refractivity contribution in [2.45, 2.75) is 32.4 Å². The van der Waals surface area contributed by atoms with E-state index in [1.54, 1.807) is 0 Å². The standard InChI is InChI=1S/C24H24N4O/c1-15(2)25-14-13-21(29)27-28-20-12-4-3-11-19(20)26-23-17-9-5-7-16-8-6-10-18(22(16)17)24(23)28/h3-12,15,24-25H,13-14H2,1-2H3,(H,27,29). The summed E-state index contributed by atoms with van der Waals surface area (Å²) in [5.74, 6) is -0.00247. The third kappa shape index (κ3) is 2.98. The number of aliphatic imine (C=N–C) groups is 1. The number of para-hydroxylation sites is 2. The number of amides is 1. The summed E-state index contributed by atoms with van der Waals surface area (Å²) in [6.45, 7) is 4.82. The number of nitrogens with zero attached hydrogens (tertiary/aromatic N) is 2. The van der Waals surface area contributed by atoms with Crippen molar-refractivity contribution in [2.24, 2.45) is 4.99 Å². The third-order valence-electron chi connectivity index (χ3n) is 5.56. The molecular weight excluding hydrogens is 360 g/mol. The van der Waals surface area contributed by atoms with E-state index in [1.165, 1.54) is 16.3 Å². The first-order valence-electron chi connectivity index (χ1n) is 10.1. The van der Waals surface area contributed by atoms with E-state index >= 15 is 0 Å². The first kappa shape index (κ1) is 17.9. The lowest BCUT2D eigenvalue weighted by Gasteiger charge is -2.36. The van der Waals surface area contributed by atoms with E-state index < -0.39 is 0 Å². The van der Waals surface area contributed by atoms with Gasteiger partial charge in [0.1, 0.15) is 6.04 Å². The highest BCUT2D eigenvalue weighted by Crippen LogP contribution is 2.47. The van der Waals surface area contributed by atoms with Crippen molar-refractivity contribution in [3.05, 3.63) is 71.8 Å². The van der Waals surface area contributed by atoms with Gasteiger partial charge in [-0.1, -0.05) is 62.4 Å². The van der Waals surface area contributed by atoms with Crippen LogP contribution in [0, 0.1) is 0 Å². The zero-order chi connectivity index (χ0) is 20.0. The Morgan fingerprint density at radius 3 is 2.69 bits per heavy atom. The van der Waals surface area contributed by atoms with Crippen molar-refractivity contribution in [1.29, 1.82) is 0 Å². The van der Waals surface area contributed by atoms with Crippen LogP contribution < -0.4 is 15.8 Å². The Hall–Kier alpha value is -3.18. The number of rotatable bonds is 5. The van der Waals surface area contributed by atoms with Crippen LogP contribution >= 0.6 is 0 Å². The molecule has 146 valence electrons. The van der Waals surface area contributed by atoms with Gasteiger partial charge < -0.3 is 5.32 Å². The number of fused-ring (bicyclic) bond motifs is 4. The zero-order valence-electron chi connectivity index (χ0n) is 16.6. The van der Waals surface area contributed by atoms with E-state index in [2.05, 4.69) is 61.0 Å². The number of anilines is 1. The van der Waals surface area contributed by atoms with Crippen LogP contribution in [0.2, 0.25) is 0 Å². The van der Waals surface area contributed by atoms with Crippen LogP contribution in [0.25, 0.3) is 10.8 Å². The van der Waals surface area contributed by atoms with Gasteiger partial charge in [0.25, 0.3) is 0 Å². The minimum atomic E-state index is -0.118. The number of carbonyl (C=O) groups is 1. The molecular formula is C24H24N4O. The van der Waals surface area contributed by atoms with E-state index in [-0.39, 0.29) is 11.9 Å². The van der Waals surface area contributed by atoms with E-state index in [4.69, 9.17) is 4.99 Å². The van der Waals surface area contributed by atoms with Crippen LogP contribution in [0.5, 0.6) is 0 Å². The molecule has 0 saturated heterocycles. The second-order valence-corrected chi connectivity index (χ2v) is 7.90. The lowest BCUT2D eigenvalue weighted by atomic mass is 10.0. The Labute approximate surface area is 170 Å². The Balaban J connectivity index is 1.56. The van der Waals surface area contributed by atoms with Crippen molar-refractivity contribution in [3.8, 4) is 0 Å². The Kier molecular flexibility index (Phi) is 4.32. The fourth-order valence-electron chi connectivity index (χ4n) is 4.31. The second-order valence-electron chi connectivity index (χ2n) is 7.90. The maximum atomic E-state index is 12.8. The number of hydrogen-bond acceptors (Lipinski definition) is 4. The lowest BCUT2D eigenvalue weighted by molar-refractivity contribution is -0.121. The van der Waals surface area contributed by atoms with Gasteiger partial charge in [-0.3, -0.25) is 15.2 Å². The molecule has 5 nitrogen and oxygen atoms in total. The first-order valence-corrected chi connectivity index (χ1v) is 10.1. The molecule has 1 aliphatic heterocycles. The van der Waals surface area contributed by atoms with Gasteiger partial charge in [-0.05, 0) is 28.5 Å². The van der Waals surface area contributed by atoms with Gasteiger partial charge in [0.2, 0.25) is 5.91 Å². The largest absolute Gasteiger partial charge is 0.314 e. The Morgan fingerprint density at radius 2 is 1.86 bits per heavy atom. The van der Waals surface area contributed by atoms with Crippen LogP contribution in [0.15, 0.2) is 65.7 Å². The van der Waals surface area contributed by atoms with Crippen molar-refractivity contribution < 1.29 is 4.79 Å². The zero-order valence-corrected chi connectivity index (χ0v) is 16.6. The average Bonchev–Trinajstić information content (AvgIpc) is 3.03. The molecule has 0 fully saturated rings. The molecule has 1 heterocycles. The summed E-state index contributed by atoms with van der Waals surface area (Å²) < 4.78 is 0. The molecule has 0 aromatic heterocycles. The molecule has 1 atom stereocenters. The SMILES string of the molecule is CC(C)NCCC(=O)NN1c2ccccc2N=C2c3cccc4cccc(c34)C21. The highest BCUT2D eigenvalue weighted by atomic mass is 16.2. The van der Waals surface area contributed by atoms with Gasteiger partial charge in [0.15, 0.2) is 0 Å². The van der Waals surface area contributed by atoms with Crippen molar-refractivity contribution >= 4 is 33.8 Å². The highest BCUT2D eigenvalue weighted by molar-refractivity contribution is 6.23. The fraction of sp³-hybridized carbons (Fsp3) is 0.250. The van der Waals surface area contributed by atoms with Crippen molar-refractivity contribution in [1.82, 2.24) is 10.7 Å². The Morgan fingerprint density at radius 1 is 1.07 bits per heavy atom. The monoisotopic (exact) mass is 384 g/mol. The van der Waals surface area contributed by atoms with Crippen LogP contribution in [-0.4, -0.2) is 24.2 Å². The maximum absolute atomic E-state index is 12.8. The topological polar surface area (TPSA) is 56.7 Å². The molecule has 2 aliphatic rings. The summed E-state index contributed by atoms with van der Waals surface area (Å²) in [6, 6.07) is 20.9. The smallest absolute Gasteiger partial charge is 0.239 e. The lowest BCUT2D eigenvalue weighted by Crippen LogP contribution is -2.48. The van der Waals surface area contributed by atoms with Crippen molar-refractivity contribution in [3.63, 3.8) is 0 Å². The molecule has 5 heteroatoms. The van der Waals surface area contributed by atoms with Gasteiger partial charge in [0, 0.05) is 24.6 Å². The van der Waals surface area contributed by atoms with E-state index in [0.29, 0.717) is 19.0 Å². The summed E-state index contributed by atoms with van der Waals surface area (Å²) in [6.07, 6.45) is 0.424. The van der Waals surface area contributed by atoms with Gasteiger partial charge in [-0.25, -0.2) is 4.99 Å². The maximum Gasteiger partial charge on any atom is 0.239 e. The summed E-state index contributed by atoms with van der Waals surface area (Å²) in [5, 5.41) is 7.74. The number of hydrogen-bond donors (Lipinski definition) is 2. The third-order valence-corrected chi connectivity index (χ3v) is 5.56. The minimum Gasteiger partial charge on any atom is -0.314 e. The van der Waals surface area contributed by atoms with Gasteiger partial charge >= 0.3 is 0 Å². The molecule has 3 aromatic carbocycles. The van der Waals surface area contributed by atoms with Gasteiger partial charge in [0.05, 0.1) is 17.1 Å². The molecule has 0 spiro atoms. The van der Waals surface area contributed by atoms with Crippen LogP contribution in [0.3, 0.4) is 0 Å². The average molecular weight is 384 g/mol. The number of carbonyl (C=O) groups excluding carboxylic acids is 1. The number of hydrazine groups is 1. The summed E-state index contributed by atoms with van der Waals surface area (Å²) >= 11 is 0. The quantitative estimate of drug-likeness (QED) is 0.691. The molecule has 1 unspecified atom stereocenters. The Bertz CT molecular complexity index is 1130. The summed E-state index contributed by atoms with van der Waals surface area (Å²) in [5.41, 5.74) is 8.31. The minimum absolute atomic E-state index is 0.00247. The summed E-state index contributed by atoms with van der Waals surface area (Å²) in [4.78, 5) is 17.8. The van der Waals surface area contributed by atoms with Crippen molar-refractivity contribution in [2.75, 3.05) is 11.6 Å². The first-order chi connectivity index (χ1) is 14.1. The molecule has 29 heavy (non-hydrogen) atoms. The normalized spacial score (nSPS) is 16.6. The van der Waals surface area contributed by atoms with Crippen LogP contribution in [0.1, 0.15) is 37.4 Å². The van der Waals surface area contributed by atoms with Crippen LogP contribution in [0.4, 0.5) is 11.4 Å². The molecule has 5 rings (SSSR count). The van der Waals surface area contributed by atoms with Gasteiger partial charge in [-0.2, -0.15) is 0 Å². The van der Waals surface area contributed by atoms with E-state index in [9.17, 15) is 4.79 Å². The molecule has 0 radical (unpaired) electrons. The number of nitrogens with one attached hydrogen (secondary N) is 2. The summed E-state index contributed by atoms with van der Waals surface area (Å²) in [7, 11) is 0. The highest BCUT2D eigenvalue weighted by Gasteiger charge is 2.39. The number of benzene rings is 3. The predicted octanol–water partition coefficient (Wildman–Crippen LogP) is 4.25. The second kappa shape index (κ2) is 7.01. The van der Waals surface area contributed by atoms with E-state index in [0.717, 1.165) is 22.6 Å². The molecule has 1 amide bonds. The molecule has 1 aliphatic carbocycles. The van der Waals surface area contributed by atoms with Gasteiger partial charge in [-0.15, -0.1) is 0 Å². The fourth-order valence-corrected chi connectivity index (χ4v) is 4.31. The molecule has 0 bridgehead atoms. The van der Waals surface area contributed by atoms with E-state index in [1.807, 2.05) is 29.3 Å². The van der Waals surface area contributed by atoms with Crippen LogP contribution in [-0.2, 0) is 4.79 Å².